The molecular weight excluding hydrogens is 398 g/mol. The van der Waals surface area contributed by atoms with Crippen LogP contribution in [0.4, 0.5) is 0 Å². The summed E-state index contributed by atoms with van der Waals surface area (Å²) >= 11 is 5.99. The van der Waals surface area contributed by atoms with Gasteiger partial charge in [-0.15, -0.1) is 0 Å². The Morgan fingerprint density at radius 3 is 2.67 bits per heavy atom. The summed E-state index contributed by atoms with van der Waals surface area (Å²) in [6.45, 7) is 1.87. The molecule has 0 radical (unpaired) electrons. The van der Waals surface area contributed by atoms with Crippen LogP contribution in [0.25, 0.3) is 28.2 Å². The first kappa shape index (κ1) is 19.6. The number of para-hydroxylation sites is 1. The Kier molecular flexibility index (Phi) is 5.72. The number of rotatable bonds is 5. The first-order valence-electron chi connectivity index (χ1n) is 9.31. The fourth-order valence-corrected chi connectivity index (χ4v) is 3.15. The van der Waals surface area contributed by atoms with Crippen LogP contribution in [0.15, 0.2) is 88.1 Å². The van der Waals surface area contributed by atoms with Gasteiger partial charge in [0, 0.05) is 16.0 Å². The van der Waals surface area contributed by atoms with Crippen molar-refractivity contribution < 1.29 is 9.21 Å². The largest absolute Gasteiger partial charge is 0.465 e. The topological polar surface area (TPSA) is 67.5 Å². The normalized spacial score (nSPS) is 11.9. The number of hydrazone groups is 1. The van der Waals surface area contributed by atoms with Crippen LogP contribution in [0.2, 0.25) is 5.02 Å². The first-order chi connectivity index (χ1) is 14.6. The summed E-state index contributed by atoms with van der Waals surface area (Å²) < 4.78 is 5.27. The van der Waals surface area contributed by atoms with Gasteiger partial charge in [0.05, 0.1) is 29.3 Å². The maximum Gasteiger partial charge on any atom is 0.272 e. The molecular formula is C24H18ClN3O2. The van der Waals surface area contributed by atoms with Crippen molar-refractivity contribution in [2.24, 2.45) is 5.10 Å². The molecule has 0 fully saturated rings. The molecule has 0 atom stereocenters. The molecule has 0 aliphatic carbocycles. The third kappa shape index (κ3) is 4.47. The van der Waals surface area contributed by atoms with Crippen molar-refractivity contribution in [3.63, 3.8) is 0 Å². The molecule has 148 valence electrons. The smallest absolute Gasteiger partial charge is 0.272 e. The predicted molar refractivity (Wildman–Crippen MR) is 121 cm³/mol. The van der Waals surface area contributed by atoms with Gasteiger partial charge in [-0.1, -0.05) is 41.9 Å². The summed E-state index contributed by atoms with van der Waals surface area (Å²) in [5, 5.41) is 5.48. The Morgan fingerprint density at radius 2 is 1.90 bits per heavy atom. The number of benzene rings is 2. The van der Waals surface area contributed by atoms with E-state index in [1.54, 1.807) is 30.7 Å². The standard InChI is InChI=1S/C24H18ClN3O2/c1-16(13-19-5-4-12-30-19)15-26-28-24(29)21-14-23(17-8-10-18(25)11-9-17)27-22-7-3-2-6-20(21)22/h2-15H,1H3,(H,28,29)/b16-13+,26-15-. The zero-order valence-electron chi connectivity index (χ0n) is 16.2. The number of hydrogen-bond donors (Lipinski definition) is 1. The number of allylic oxidation sites excluding steroid dienone is 1. The fraction of sp³-hybridized carbons (Fsp3) is 0.0417. The lowest BCUT2D eigenvalue weighted by Gasteiger charge is -2.09. The van der Waals surface area contributed by atoms with Crippen molar-refractivity contribution in [2.75, 3.05) is 0 Å². The number of carbonyl (C=O) groups is 1. The summed E-state index contributed by atoms with van der Waals surface area (Å²) in [5.74, 6) is 0.406. The number of fused-ring (bicyclic) bond motifs is 1. The first-order valence-corrected chi connectivity index (χ1v) is 9.69. The lowest BCUT2D eigenvalue weighted by molar-refractivity contribution is 0.0956. The molecule has 2 heterocycles. The van der Waals surface area contributed by atoms with Crippen molar-refractivity contribution in [1.82, 2.24) is 10.4 Å². The lowest BCUT2D eigenvalue weighted by Crippen LogP contribution is -2.18. The number of halogens is 1. The third-order valence-corrected chi connectivity index (χ3v) is 4.70. The maximum atomic E-state index is 12.9. The number of carbonyl (C=O) groups excluding carboxylic acids is 1. The molecule has 0 aliphatic heterocycles. The van der Waals surface area contributed by atoms with Crippen LogP contribution in [0.5, 0.6) is 0 Å². The number of pyridine rings is 1. The minimum atomic E-state index is -0.314. The number of furan rings is 1. The highest BCUT2D eigenvalue weighted by atomic mass is 35.5. The van der Waals surface area contributed by atoms with Crippen molar-refractivity contribution in [1.29, 1.82) is 0 Å². The minimum absolute atomic E-state index is 0.314. The van der Waals surface area contributed by atoms with Crippen molar-refractivity contribution in [2.45, 2.75) is 6.92 Å². The molecule has 2 aromatic heterocycles. The Labute approximate surface area is 178 Å². The Balaban J connectivity index is 1.63. The van der Waals surface area contributed by atoms with Crippen LogP contribution in [-0.4, -0.2) is 17.1 Å². The Morgan fingerprint density at radius 1 is 1.10 bits per heavy atom. The van der Waals surface area contributed by atoms with Crippen molar-refractivity contribution in [3.8, 4) is 11.3 Å². The number of aromatic nitrogens is 1. The highest BCUT2D eigenvalue weighted by Crippen LogP contribution is 2.26. The number of amides is 1. The second-order valence-corrected chi connectivity index (χ2v) is 7.12. The van der Waals surface area contributed by atoms with Gasteiger partial charge in [-0.25, -0.2) is 10.4 Å². The second kappa shape index (κ2) is 8.76. The zero-order valence-corrected chi connectivity index (χ0v) is 16.9. The quantitative estimate of drug-likeness (QED) is 0.322. The molecule has 30 heavy (non-hydrogen) atoms. The number of nitrogens with one attached hydrogen (secondary N) is 1. The summed E-state index contributed by atoms with van der Waals surface area (Å²) in [6.07, 6.45) is 5.00. The summed E-state index contributed by atoms with van der Waals surface area (Å²) in [4.78, 5) is 17.6. The van der Waals surface area contributed by atoms with E-state index in [1.165, 1.54) is 0 Å². The van der Waals surface area contributed by atoms with Crippen molar-refractivity contribution in [3.05, 3.63) is 94.9 Å². The molecule has 1 amide bonds. The molecule has 0 saturated heterocycles. The maximum absolute atomic E-state index is 12.9. The molecule has 0 saturated carbocycles. The monoisotopic (exact) mass is 415 g/mol. The molecule has 0 unspecified atom stereocenters. The van der Waals surface area contributed by atoms with E-state index in [1.807, 2.05) is 61.5 Å². The third-order valence-electron chi connectivity index (χ3n) is 4.45. The zero-order chi connectivity index (χ0) is 20.9. The van der Waals surface area contributed by atoms with Crippen LogP contribution in [0, 0.1) is 0 Å². The van der Waals surface area contributed by atoms with Gasteiger partial charge in [-0.3, -0.25) is 4.79 Å². The van der Waals surface area contributed by atoms with Gasteiger partial charge in [0.15, 0.2) is 0 Å². The van der Waals surface area contributed by atoms with E-state index in [2.05, 4.69) is 15.5 Å². The highest BCUT2D eigenvalue weighted by molar-refractivity contribution is 6.30. The van der Waals surface area contributed by atoms with Crippen molar-refractivity contribution >= 4 is 40.7 Å². The average molecular weight is 416 g/mol. The molecule has 0 bridgehead atoms. The highest BCUT2D eigenvalue weighted by Gasteiger charge is 2.13. The molecule has 4 aromatic rings. The molecule has 6 heteroatoms. The van der Waals surface area contributed by atoms with Crippen LogP contribution in [0.3, 0.4) is 0 Å². The van der Waals surface area contributed by atoms with E-state index in [4.69, 9.17) is 16.0 Å². The molecule has 0 aliphatic rings. The molecule has 2 aromatic carbocycles. The van der Waals surface area contributed by atoms with Gasteiger partial charge >= 0.3 is 0 Å². The van der Waals surface area contributed by atoms with Gasteiger partial charge < -0.3 is 4.42 Å². The van der Waals surface area contributed by atoms with E-state index in [9.17, 15) is 4.79 Å². The molecule has 0 spiro atoms. The molecule has 1 N–H and O–H groups in total. The molecule has 5 nitrogen and oxygen atoms in total. The SMILES string of the molecule is CC(/C=N\NC(=O)c1cc(-c2ccc(Cl)cc2)nc2ccccc12)=C\c1ccco1. The van der Waals surface area contributed by atoms with E-state index in [0.717, 1.165) is 27.8 Å². The van der Waals surface area contributed by atoms with Gasteiger partial charge in [0.2, 0.25) is 0 Å². The summed E-state index contributed by atoms with van der Waals surface area (Å²) in [6, 6.07) is 20.3. The van der Waals surface area contributed by atoms with Crippen LogP contribution in [-0.2, 0) is 0 Å². The van der Waals surface area contributed by atoms with Crippen LogP contribution in [0.1, 0.15) is 23.0 Å². The van der Waals surface area contributed by atoms with Crippen LogP contribution < -0.4 is 5.43 Å². The Hall–Kier alpha value is -3.70. The predicted octanol–water partition coefficient (Wildman–Crippen LogP) is 5.97. The number of nitrogens with zero attached hydrogens (tertiary/aromatic N) is 2. The summed E-state index contributed by atoms with van der Waals surface area (Å²) in [5.41, 5.74) is 6.23. The van der Waals surface area contributed by atoms with E-state index >= 15 is 0 Å². The van der Waals surface area contributed by atoms with Gasteiger partial charge in [0.1, 0.15) is 5.76 Å². The number of hydrogen-bond acceptors (Lipinski definition) is 4. The van der Waals surface area contributed by atoms with E-state index in [0.29, 0.717) is 16.3 Å². The van der Waals surface area contributed by atoms with Gasteiger partial charge in [-0.05, 0) is 55.0 Å². The second-order valence-electron chi connectivity index (χ2n) is 6.68. The van der Waals surface area contributed by atoms with E-state index in [-0.39, 0.29) is 5.91 Å². The summed E-state index contributed by atoms with van der Waals surface area (Å²) in [7, 11) is 0. The van der Waals surface area contributed by atoms with Gasteiger partial charge in [-0.2, -0.15) is 5.10 Å². The lowest BCUT2D eigenvalue weighted by atomic mass is 10.0. The molecule has 4 rings (SSSR count). The minimum Gasteiger partial charge on any atom is -0.465 e. The fourth-order valence-electron chi connectivity index (χ4n) is 3.02. The Bertz CT molecular complexity index is 1240. The van der Waals surface area contributed by atoms with Crippen LogP contribution >= 0.6 is 11.6 Å². The van der Waals surface area contributed by atoms with E-state index < -0.39 is 0 Å². The average Bonchev–Trinajstić information content (AvgIpc) is 3.26. The van der Waals surface area contributed by atoms with Gasteiger partial charge in [0.25, 0.3) is 5.91 Å².